The van der Waals surface area contributed by atoms with Crippen LogP contribution in [0.25, 0.3) is 6.08 Å². The van der Waals surface area contributed by atoms with Crippen molar-refractivity contribution in [2.75, 3.05) is 26.1 Å². The Bertz CT molecular complexity index is 758. The third-order valence-corrected chi connectivity index (χ3v) is 4.26. The van der Waals surface area contributed by atoms with Crippen molar-refractivity contribution in [1.29, 1.82) is 0 Å². The summed E-state index contributed by atoms with van der Waals surface area (Å²) in [7, 11) is 5.68. The second-order valence-corrected chi connectivity index (χ2v) is 6.01. The van der Waals surface area contributed by atoms with Crippen LogP contribution >= 0.6 is 0 Å². The van der Waals surface area contributed by atoms with E-state index in [1.807, 2.05) is 38.4 Å². The molecule has 3 rings (SSSR count). The van der Waals surface area contributed by atoms with Crippen LogP contribution in [0.4, 0.5) is 5.69 Å². The largest absolute Gasteiger partial charge is 0.497 e. The van der Waals surface area contributed by atoms with E-state index >= 15 is 0 Å². The zero-order valence-corrected chi connectivity index (χ0v) is 13.8. The molecule has 3 heteroatoms. The van der Waals surface area contributed by atoms with Gasteiger partial charge in [-0.2, -0.15) is 0 Å². The van der Waals surface area contributed by atoms with Crippen LogP contribution in [0.1, 0.15) is 27.9 Å². The smallest absolute Gasteiger partial charge is 0.189 e. The summed E-state index contributed by atoms with van der Waals surface area (Å²) in [6.45, 7) is 0. The van der Waals surface area contributed by atoms with E-state index in [2.05, 4.69) is 29.2 Å². The summed E-state index contributed by atoms with van der Waals surface area (Å²) in [5, 5.41) is 0. The van der Waals surface area contributed by atoms with Crippen molar-refractivity contribution in [2.24, 2.45) is 0 Å². The van der Waals surface area contributed by atoms with Gasteiger partial charge in [-0.1, -0.05) is 12.1 Å². The molecule has 0 saturated carbocycles. The maximum Gasteiger partial charge on any atom is 0.189 e. The molecule has 0 aromatic heterocycles. The highest BCUT2D eigenvalue weighted by molar-refractivity contribution is 6.13. The minimum absolute atomic E-state index is 0.130. The Morgan fingerprint density at radius 3 is 2.43 bits per heavy atom. The number of benzene rings is 2. The van der Waals surface area contributed by atoms with Gasteiger partial charge in [0.15, 0.2) is 5.78 Å². The highest BCUT2D eigenvalue weighted by atomic mass is 16.5. The summed E-state index contributed by atoms with van der Waals surface area (Å²) in [6.07, 6.45) is 3.66. The highest BCUT2D eigenvalue weighted by Gasteiger charge is 2.22. The predicted octanol–water partition coefficient (Wildman–Crippen LogP) is 3.97. The first-order chi connectivity index (χ1) is 11.1. The maximum atomic E-state index is 12.7. The van der Waals surface area contributed by atoms with Crippen LogP contribution < -0.4 is 9.64 Å². The van der Waals surface area contributed by atoms with E-state index in [-0.39, 0.29) is 5.78 Å². The van der Waals surface area contributed by atoms with Crippen molar-refractivity contribution >= 4 is 17.5 Å². The molecular formula is C20H21NO2. The van der Waals surface area contributed by atoms with E-state index in [1.165, 1.54) is 0 Å². The fraction of sp³-hybridized carbons (Fsp3) is 0.250. The van der Waals surface area contributed by atoms with Crippen LogP contribution in [0, 0.1) is 0 Å². The minimum Gasteiger partial charge on any atom is -0.497 e. The molecule has 0 N–H and O–H groups in total. The summed E-state index contributed by atoms with van der Waals surface area (Å²) >= 11 is 0. The summed E-state index contributed by atoms with van der Waals surface area (Å²) < 4.78 is 5.24. The molecule has 2 aromatic carbocycles. The normalized spacial score (nSPS) is 15.4. The number of fused-ring (bicyclic) bond motifs is 1. The van der Waals surface area contributed by atoms with Gasteiger partial charge < -0.3 is 9.64 Å². The van der Waals surface area contributed by atoms with Crippen molar-refractivity contribution in [3.05, 3.63) is 64.7 Å². The molecule has 0 radical (unpaired) electrons. The molecule has 1 aliphatic rings. The molecule has 0 saturated heterocycles. The number of carbonyl (C=O) groups excluding carboxylic acids is 1. The number of nitrogens with zero attached hydrogens (tertiary/aromatic N) is 1. The maximum absolute atomic E-state index is 12.7. The first-order valence-electron chi connectivity index (χ1n) is 7.78. The van der Waals surface area contributed by atoms with E-state index in [4.69, 9.17) is 4.74 Å². The Balaban J connectivity index is 1.88. The SMILES string of the molecule is COc1ccc2c(c1)CC/C(=C\c1ccc(N(C)C)cc1)C2=O. The zero-order chi connectivity index (χ0) is 16.4. The molecule has 0 unspecified atom stereocenters. The minimum atomic E-state index is 0.130. The number of ether oxygens (including phenoxy) is 1. The van der Waals surface area contributed by atoms with E-state index in [9.17, 15) is 4.79 Å². The standard InChI is InChI=1S/C20H21NO2/c1-21(2)17-8-4-14(5-9-17)12-16-7-6-15-13-18(23-3)10-11-19(15)20(16)22/h4-5,8-13H,6-7H2,1-3H3/b16-12+. The number of ketones is 1. The number of anilines is 1. The molecule has 0 heterocycles. The van der Waals surface area contributed by atoms with Crippen LogP contribution in [-0.2, 0) is 6.42 Å². The Kier molecular flexibility index (Phi) is 4.20. The van der Waals surface area contributed by atoms with Gasteiger partial charge in [-0.25, -0.2) is 0 Å². The third kappa shape index (κ3) is 3.14. The molecule has 0 spiro atoms. The summed E-state index contributed by atoms with van der Waals surface area (Å²) in [5.74, 6) is 0.939. The van der Waals surface area contributed by atoms with Gasteiger partial charge in [-0.15, -0.1) is 0 Å². The predicted molar refractivity (Wildman–Crippen MR) is 94.4 cm³/mol. The van der Waals surface area contributed by atoms with Crippen molar-refractivity contribution in [2.45, 2.75) is 12.8 Å². The second-order valence-electron chi connectivity index (χ2n) is 6.01. The molecule has 0 aliphatic heterocycles. The Morgan fingerprint density at radius 2 is 1.78 bits per heavy atom. The van der Waals surface area contributed by atoms with Crippen LogP contribution in [0.5, 0.6) is 5.75 Å². The van der Waals surface area contributed by atoms with Gasteiger partial charge in [0.05, 0.1) is 7.11 Å². The lowest BCUT2D eigenvalue weighted by molar-refractivity contribution is 0.102. The van der Waals surface area contributed by atoms with E-state index in [1.54, 1.807) is 7.11 Å². The number of methoxy groups -OCH3 is 1. The molecule has 0 amide bonds. The van der Waals surface area contributed by atoms with Gasteiger partial charge in [-0.3, -0.25) is 4.79 Å². The molecule has 23 heavy (non-hydrogen) atoms. The van der Waals surface area contributed by atoms with E-state index < -0.39 is 0 Å². The number of Topliss-reactive ketones (excluding diaryl/α,β-unsaturated/α-hetero) is 1. The lowest BCUT2D eigenvalue weighted by Crippen LogP contribution is -2.14. The average molecular weight is 307 g/mol. The van der Waals surface area contributed by atoms with Crippen molar-refractivity contribution < 1.29 is 9.53 Å². The Labute approximate surface area is 137 Å². The van der Waals surface area contributed by atoms with Gasteiger partial charge in [-0.05, 0) is 60.4 Å². The molecule has 0 bridgehead atoms. The highest BCUT2D eigenvalue weighted by Crippen LogP contribution is 2.29. The number of allylic oxidation sites excluding steroid dienone is 1. The molecule has 0 fully saturated rings. The molecule has 2 aromatic rings. The van der Waals surface area contributed by atoms with Crippen LogP contribution in [-0.4, -0.2) is 27.0 Å². The quantitative estimate of drug-likeness (QED) is 0.804. The lowest BCUT2D eigenvalue weighted by atomic mass is 9.86. The average Bonchev–Trinajstić information content (AvgIpc) is 2.57. The summed E-state index contributed by atoms with van der Waals surface area (Å²) in [4.78, 5) is 14.7. The Hall–Kier alpha value is -2.55. The number of carbonyl (C=O) groups is 1. The molecule has 1 aliphatic carbocycles. The van der Waals surface area contributed by atoms with Gasteiger partial charge in [0.25, 0.3) is 0 Å². The lowest BCUT2D eigenvalue weighted by Gasteiger charge is -2.18. The number of rotatable bonds is 3. The van der Waals surface area contributed by atoms with E-state index in [0.29, 0.717) is 0 Å². The van der Waals surface area contributed by atoms with Crippen molar-refractivity contribution in [1.82, 2.24) is 0 Å². The van der Waals surface area contributed by atoms with Crippen LogP contribution in [0.3, 0.4) is 0 Å². The van der Waals surface area contributed by atoms with Gasteiger partial charge >= 0.3 is 0 Å². The molecule has 118 valence electrons. The van der Waals surface area contributed by atoms with Crippen LogP contribution in [0.15, 0.2) is 48.0 Å². The van der Waals surface area contributed by atoms with E-state index in [0.717, 1.165) is 46.5 Å². The fourth-order valence-electron chi connectivity index (χ4n) is 2.89. The number of hydrogen-bond acceptors (Lipinski definition) is 3. The topological polar surface area (TPSA) is 29.5 Å². The first-order valence-corrected chi connectivity index (χ1v) is 7.78. The molecular weight excluding hydrogens is 286 g/mol. The van der Waals surface area contributed by atoms with Crippen LogP contribution in [0.2, 0.25) is 0 Å². The second kappa shape index (κ2) is 6.29. The zero-order valence-electron chi connectivity index (χ0n) is 13.8. The molecule has 3 nitrogen and oxygen atoms in total. The Morgan fingerprint density at radius 1 is 1.04 bits per heavy atom. The monoisotopic (exact) mass is 307 g/mol. The molecule has 0 atom stereocenters. The summed E-state index contributed by atoms with van der Waals surface area (Å²) in [6, 6.07) is 13.9. The third-order valence-electron chi connectivity index (χ3n) is 4.26. The fourth-order valence-corrected chi connectivity index (χ4v) is 2.89. The van der Waals surface area contributed by atoms with Crippen molar-refractivity contribution in [3.63, 3.8) is 0 Å². The van der Waals surface area contributed by atoms with Gasteiger partial charge in [0.2, 0.25) is 0 Å². The van der Waals surface area contributed by atoms with Gasteiger partial charge in [0, 0.05) is 30.9 Å². The first kappa shape index (κ1) is 15.3. The summed E-state index contributed by atoms with van der Waals surface area (Å²) in [5.41, 5.74) is 4.97. The van der Waals surface area contributed by atoms with Crippen molar-refractivity contribution in [3.8, 4) is 5.75 Å². The van der Waals surface area contributed by atoms with Gasteiger partial charge in [0.1, 0.15) is 5.75 Å². The number of aryl methyl sites for hydroxylation is 1. The number of hydrogen-bond donors (Lipinski definition) is 0.